The number of benzene rings is 2. The molecule has 0 saturated heterocycles. The number of rotatable bonds is 13. The summed E-state index contributed by atoms with van der Waals surface area (Å²) in [7, 11) is 0. The Kier molecular flexibility index (Phi) is 12.0. The number of aromatic hydroxyl groups is 1. The van der Waals surface area contributed by atoms with Crippen molar-refractivity contribution >= 4 is 29.8 Å². The number of primary amides is 1. The van der Waals surface area contributed by atoms with Gasteiger partial charge in [-0.2, -0.15) is 0 Å². The Morgan fingerprint density at radius 3 is 1.98 bits per heavy atom. The maximum Gasteiger partial charge on any atom is 0.408 e. The summed E-state index contributed by atoms with van der Waals surface area (Å²) in [6, 6.07) is 10.9. The third-order valence-corrected chi connectivity index (χ3v) is 7.37. The van der Waals surface area contributed by atoms with Gasteiger partial charge in [-0.25, -0.2) is 9.59 Å². The summed E-state index contributed by atoms with van der Waals surface area (Å²) in [6.45, 7) is 12.1. The molecule has 5 atom stereocenters. The molecular formula is C35H48N4O8. The SMILES string of the molecule is CC1CC1N(C(=O)C(CCC(N)=O)NC(=O)OC(C)(C)C)C(C(=O)NC(Cc1ccccc1)C(=O)OC(C)(C)C)c1ccc(O)cc1. The Hall–Kier alpha value is -4.61. The maximum absolute atomic E-state index is 14.5. The number of hydrogen-bond donors (Lipinski definition) is 4. The molecule has 0 bridgehead atoms. The fourth-order valence-corrected chi connectivity index (χ4v) is 5.11. The summed E-state index contributed by atoms with van der Waals surface area (Å²) < 4.78 is 11.1. The van der Waals surface area contributed by atoms with E-state index in [2.05, 4.69) is 10.6 Å². The number of ether oxygens (including phenoxy) is 2. The molecule has 4 amide bonds. The molecule has 5 N–H and O–H groups in total. The van der Waals surface area contributed by atoms with E-state index in [4.69, 9.17) is 15.2 Å². The molecule has 1 fully saturated rings. The Morgan fingerprint density at radius 1 is 0.894 bits per heavy atom. The van der Waals surface area contributed by atoms with Gasteiger partial charge in [0.15, 0.2) is 0 Å². The highest BCUT2D eigenvalue weighted by atomic mass is 16.6. The van der Waals surface area contributed by atoms with Gasteiger partial charge in [0.05, 0.1) is 0 Å². The second-order valence-corrected chi connectivity index (χ2v) is 14.0. The Balaban J connectivity index is 2.06. The zero-order valence-electron chi connectivity index (χ0n) is 28.2. The molecule has 0 heterocycles. The number of amides is 4. The molecule has 2 aromatic rings. The zero-order valence-corrected chi connectivity index (χ0v) is 28.2. The summed E-state index contributed by atoms with van der Waals surface area (Å²) in [6.07, 6.45) is -0.527. The third kappa shape index (κ3) is 11.6. The van der Waals surface area contributed by atoms with Gasteiger partial charge in [0.25, 0.3) is 0 Å². The zero-order chi connectivity index (χ0) is 35.1. The predicted molar refractivity (Wildman–Crippen MR) is 175 cm³/mol. The van der Waals surface area contributed by atoms with Gasteiger partial charge >= 0.3 is 12.1 Å². The van der Waals surface area contributed by atoms with Crippen molar-refractivity contribution in [3.63, 3.8) is 0 Å². The maximum atomic E-state index is 14.5. The van der Waals surface area contributed by atoms with Crippen molar-refractivity contribution in [1.82, 2.24) is 15.5 Å². The van der Waals surface area contributed by atoms with Crippen molar-refractivity contribution in [2.24, 2.45) is 11.7 Å². The highest BCUT2D eigenvalue weighted by Crippen LogP contribution is 2.41. The number of carbonyl (C=O) groups is 5. The molecule has 12 heteroatoms. The van der Waals surface area contributed by atoms with Crippen LogP contribution in [0.25, 0.3) is 0 Å². The van der Waals surface area contributed by atoms with Gasteiger partial charge in [-0.3, -0.25) is 14.4 Å². The number of phenolic OH excluding ortho intramolecular Hbond substituents is 1. The molecule has 0 aliphatic heterocycles. The minimum Gasteiger partial charge on any atom is -0.508 e. The minimum absolute atomic E-state index is 0.00986. The van der Waals surface area contributed by atoms with Crippen molar-refractivity contribution in [2.45, 2.75) is 110 Å². The van der Waals surface area contributed by atoms with E-state index in [9.17, 15) is 29.1 Å². The number of phenols is 1. The number of nitrogens with zero attached hydrogens (tertiary/aromatic N) is 1. The molecule has 3 rings (SSSR count). The minimum atomic E-state index is -1.28. The van der Waals surface area contributed by atoms with Gasteiger partial charge in [-0.05, 0) is 83.6 Å². The summed E-state index contributed by atoms with van der Waals surface area (Å²) >= 11 is 0. The predicted octanol–water partition coefficient (Wildman–Crippen LogP) is 3.90. The van der Waals surface area contributed by atoms with Crippen molar-refractivity contribution in [3.05, 3.63) is 65.7 Å². The van der Waals surface area contributed by atoms with Gasteiger partial charge in [0.1, 0.15) is 35.1 Å². The fourth-order valence-electron chi connectivity index (χ4n) is 5.11. The first-order valence-electron chi connectivity index (χ1n) is 15.8. The standard InChI is InChI=1S/C35H48N4O8/c1-21-19-27(21)39(31(43)25(17-18-28(36)41)38-33(45)47-35(5,6)7)29(23-13-15-24(40)16-14-23)30(42)37-26(32(44)46-34(2,3)4)20-22-11-9-8-10-12-22/h8-16,21,25-27,29,40H,17-20H2,1-7H3,(H2,36,41)(H,37,42)(H,38,45). The van der Waals surface area contributed by atoms with E-state index >= 15 is 0 Å². The molecule has 0 radical (unpaired) electrons. The highest BCUT2D eigenvalue weighted by molar-refractivity contribution is 5.94. The van der Waals surface area contributed by atoms with Crippen LogP contribution in [0.2, 0.25) is 0 Å². The largest absolute Gasteiger partial charge is 0.508 e. The summed E-state index contributed by atoms with van der Waals surface area (Å²) in [4.78, 5) is 68.3. The average molecular weight is 653 g/mol. The summed E-state index contributed by atoms with van der Waals surface area (Å²) in [5.41, 5.74) is 4.85. The third-order valence-electron chi connectivity index (χ3n) is 7.37. The van der Waals surface area contributed by atoms with Crippen LogP contribution < -0.4 is 16.4 Å². The molecule has 256 valence electrons. The number of nitrogens with one attached hydrogen (secondary N) is 2. The van der Waals surface area contributed by atoms with Crippen LogP contribution in [0.1, 0.15) is 84.9 Å². The Labute approximate surface area is 276 Å². The summed E-state index contributed by atoms with van der Waals surface area (Å²) in [5.74, 6) is -2.66. The first-order valence-corrected chi connectivity index (χ1v) is 15.8. The van der Waals surface area contributed by atoms with Crippen LogP contribution in [-0.2, 0) is 35.1 Å². The van der Waals surface area contributed by atoms with Crippen molar-refractivity contribution in [2.75, 3.05) is 0 Å². The number of esters is 1. The smallest absolute Gasteiger partial charge is 0.408 e. The first kappa shape index (κ1) is 36.9. The molecule has 1 aliphatic rings. The number of hydrogen-bond acceptors (Lipinski definition) is 8. The van der Waals surface area contributed by atoms with Crippen LogP contribution in [0.3, 0.4) is 0 Å². The molecule has 1 aliphatic carbocycles. The second kappa shape index (κ2) is 15.3. The normalized spacial score (nSPS) is 17.8. The lowest BCUT2D eigenvalue weighted by atomic mass is 9.99. The van der Waals surface area contributed by atoms with Crippen molar-refractivity contribution in [1.29, 1.82) is 0 Å². The topological polar surface area (TPSA) is 177 Å². The number of alkyl carbamates (subject to hydrolysis) is 1. The van der Waals surface area contributed by atoms with E-state index in [0.29, 0.717) is 12.0 Å². The highest BCUT2D eigenvalue weighted by Gasteiger charge is 2.48. The van der Waals surface area contributed by atoms with E-state index in [0.717, 1.165) is 5.56 Å². The molecule has 12 nitrogen and oxygen atoms in total. The molecular weight excluding hydrogens is 604 g/mol. The number of nitrogens with two attached hydrogens (primary N) is 1. The van der Waals surface area contributed by atoms with E-state index in [-0.39, 0.29) is 30.9 Å². The molecule has 1 saturated carbocycles. The van der Waals surface area contributed by atoms with Gasteiger partial charge in [0.2, 0.25) is 17.7 Å². The molecule has 0 spiro atoms. The van der Waals surface area contributed by atoms with Crippen LogP contribution in [0.15, 0.2) is 54.6 Å². The van der Waals surface area contributed by atoms with Crippen LogP contribution in [-0.4, -0.2) is 69.1 Å². The Bertz CT molecular complexity index is 1420. The van der Waals surface area contributed by atoms with Gasteiger partial charge in [-0.1, -0.05) is 49.4 Å². The van der Waals surface area contributed by atoms with Crippen LogP contribution in [0.4, 0.5) is 4.79 Å². The molecule has 5 unspecified atom stereocenters. The van der Waals surface area contributed by atoms with Gasteiger partial charge < -0.3 is 35.8 Å². The van der Waals surface area contributed by atoms with E-state index in [1.807, 2.05) is 37.3 Å². The number of carbonyl (C=O) groups excluding carboxylic acids is 5. The Morgan fingerprint density at radius 2 is 1.47 bits per heavy atom. The molecule has 47 heavy (non-hydrogen) atoms. The first-order chi connectivity index (χ1) is 21.8. The van der Waals surface area contributed by atoms with Crippen LogP contribution >= 0.6 is 0 Å². The molecule has 0 aromatic heterocycles. The van der Waals surface area contributed by atoms with Gasteiger partial charge in [-0.15, -0.1) is 0 Å². The quantitative estimate of drug-likeness (QED) is 0.236. The van der Waals surface area contributed by atoms with Gasteiger partial charge in [0, 0.05) is 18.9 Å². The van der Waals surface area contributed by atoms with Crippen molar-refractivity contribution in [3.8, 4) is 5.75 Å². The van der Waals surface area contributed by atoms with E-state index < -0.39 is 65.2 Å². The average Bonchev–Trinajstić information content (AvgIpc) is 3.67. The monoisotopic (exact) mass is 652 g/mol. The van der Waals surface area contributed by atoms with E-state index in [1.165, 1.54) is 29.2 Å². The summed E-state index contributed by atoms with van der Waals surface area (Å²) in [5, 5.41) is 15.4. The lowest BCUT2D eigenvalue weighted by Gasteiger charge is -2.36. The van der Waals surface area contributed by atoms with Crippen molar-refractivity contribution < 1.29 is 38.6 Å². The van der Waals surface area contributed by atoms with Crippen LogP contribution in [0, 0.1) is 5.92 Å². The molecule has 2 aromatic carbocycles. The fraction of sp³-hybridized carbons (Fsp3) is 0.514. The lowest BCUT2D eigenvalue weighted by Crippen LogP contribution is -2.56. The van der Waals surface area contributed by atoms with E-state index in [1.54, 1.807) is 41.5 Å². The van der Waals surface area contributed by atoms with Crippen LogP contribution in [0.5, 0.6) is 5.75 Å². The lowest BCUT2D eigenvalue weighted by molar-refractivity contribution is -0.159. The second-order valence-electron chi connectivity index (χ2n) is 14.0.